The molecular formula is C51H93O9P. The fourth-order valence-corrected chi connectivity index (χ4v) is 7.53. The molecule has 0 amide bonds. The number of allylic oxidation sites excluding steroid dienone is 10. The van der Waals surface area contributed by atoms with Gasteiger partial charge < -0.3 is 24.6 Å². The van der Waals surface area contributed by atoms with E-state index < -0.39 is 45.8 Å². The van der Waals surface area contributed by atoms with Crippen molar-refractivity contribution in [3.05, 3.63) is 60.8 Å². The zero-order valence-electron chi connectivity index (χ0n) is 39.1. The average Bonchev–Trinajstić information content (AvgIpc) is 3.25. The summed E-state index contributed by atoms with van der Waals surface area (Å²) in [5.41, 5.74) is 0. The van der Waals surface area contributed by atoms with Crippen LogP contribution in [0.4, 0.5) is 0 Å². The first-order valence-electron chi connectivity index (χ1n) is 24.8. The fraction of sp³-hybridized carbons (Fsp3) is 0.784. The van der Waals surface area contributed by atoms with E-state index in [9.17, 15) is 19.4 Å². The number of hydrogen-bond donors (Lipinski definition) is 3. The van der Waals surface area contributed by atoms with Crippen molar-refractivity contribution >= 4 is 13.8 Å². The van der Waals surface area contributed by atoms with Gasteiger partial charge in [-0.15, -0.1) is 0 Å². The standard InChI is InChI=1S/C51H93O9P/c1-3-5-7-9-11-13-15-17-19-21-23-24-26-28-30-32-34-36-38-40-42-44-57-47-50(48-59-61(55,56)58-46-49(53)45-52)60-51(54)43-41-39-37-35-33-31-29-27-25-22-20-18-16-14-12-10-8-6-4-2/h6,8,12,14,18,20,25,27,31,33,49-50,52-53H,3-5,7,9-11,13,15-17,19,21-24,26,28-30,32,34-48H2,1-2H3,(H,55,56)/b8-6-,14-12-,20-18-,27-25-,33-31-. The third kappa shape index (κ3) is 47.5. The number of carbonyl (C=O) groups is 1. The Hall–Kier alpha value is -1.84. The predicted molar refractivity (Wildman–Crippen MR) is 256 cm³/mol. The van der Waals surface area contributed by atoms with Crippen molar-refractivity contribution in [2.24, 2.45) is 0 Å². The highest BCUT2D eigenvalue weighted by Crippen LogP contribution is 2.43. The number of aliphatic hydroxyl groups excluding tert-OH is 2. The topological polar surface area (TPSA) is 132 Å². The molecule has 3 atom stereocenters. The zero-order valence-corrected chi connectivity index (χ0v) is 40.0. The van der Waals surface area contributed by atoms with Crippen LogP contribution in [0.25, 0.3) is 0 Å². The lowest BCUT2D eigenvalue weighted by molar-refractivity contribution is -0.154. The molecule has 9 nitrogen and oxygen atoms in total. The molecule has 10 heteroatoms. The van der Waals surface area contributed by atoms with Crippen LogP contribution in [0.1, 0.15) is 213 Å². The molecule has 0 aliphatic heterocycles. The summed E-state index contributed by atoms with van der Waals surface area (Å²) in [6.45, 7) is 3.39. The molecule has 61 heavy (non-hydrogen) atoms. The maximum Gasteiger partial charge on any atom is 0.472 e. The van der Waals surface area contributed by atoms with Crippen LogP contribution in [0.5, 0.6) is 0 Å². The van der Waals surface area contributed by atoms with Crippen molar-refractivity contribution in [1.82, 2.24) is 0 Å². The molecule has 0 saturated carbocycles. The smallest absolute Gasteiger partial charge is 0.457 e. The summed E-state index contributed by atoms with van der Waals surface area (Å²) >= 11 is 0. The predicted octanol–water partition coefficient (Wildman–Crippen LogP) is 14.3. The van der Waals surface area contributed by atoms with Gasteiger partial charge in [-0.2, -0.15) is 0 Å². The minimum atomic E-state index is -4.53. The molecule has 0 radical (unpaired) electrons. The van der Waals surface area contributed by atoms with E-state index in [1.54, 1.807) is 0 Å². The van der Waals surface area contributed by atoms with Gasteiger partial charge in [0.2, 0.25) is 0 Å². The monoisotopic (exact) mass is 881 g/mol. The van der Waals surface area contributed by atoms with E-state index in [0.29, 0.717) is 13.0 Å². The second kappa shape index (κ2) is 47.6. The van der Waals surface area contributed by atoms with E-state index in [2.05, 4.69) is 74.6 Å². The Morgan fingerprint density at radius 1 is 0.525 bits per heavy atom. The highest BCUT2D eigenvalue weighted by Gasteiger charge is 2.26. The number of unbranched alkanes of at least 4 members (excludes halogenated alkanes) is 23. The molecule has 3 N–H and O–H groups in total. The molecule has 0 bridgehead atoms. The molecular weight excluding hydrogens is 788 g/mol. The van der Waals surface area contributed by atoms with Gasteiger partial charge in [0.15, 0.2) is 0 Å². The molecule has 0 rings (SSSR count). The second-order valence-electron chi connectivity index (χ2n) is 16.5. The number of rotatable bonds is 47. The van der Waals surface area contributed by atoms with Gasteiger partial charge in [-0.3, -0.25) is 13.8 Å². The largest absolute Gasteiger partial charge is 0.472 e. The van der Waals surface area contributed by atoms with Crippen LogP contribution < -0.4 is 0 Å². The van der Waals surface area contributed by atoms with E-state index in [0.717, 1.165) is 70.6 Å². The molecule has 0 aromatic carbocycles. The van der Waals surface area contributed by atoms with Crippen molar-refractivity contribution in [2.75, 3.05) is 33.0 Å². The van der Waals surface area contributed by atoms with E-state index in [1.165, 1.54) is 116 Å². The fourth-order valence-electron chi connectivity index (χ4n) is 6.74. The molecule has 356 valence electrons. The molecule has 0 aromatic heterocycles. The van der Waals surface area contributed by atoms with Gasteiger partial charge in [-0.05, 0) is 57.8 Å². The summed E-state index contributed by atoms with van der Waals surface area (Å²) < 4.78 is 33.5. The normalized spacial score (nSPS) is 14.4. The average molecular weight is 881 g/mol. The Bertz CT molecular complexity index is 1140. The Balaban J connectivity index is 4.14. The number of aliphatic hydroxyl groups is 2. The number of hydrogen-bond acceptors (Lipinski definition) is 8. The molecule has 0 spiro atoms. The second-order valence-corrected chi connectivity index (χ2v) is 17.9. The Kier molecular flexibility index (Phi) is 46.2. The van der Waals surface area contributed by atoms with Gasteiger partial charge in [-0.25, -0.2) is 4.57 Å². The number of phosphoric ester groups is 1. The van der Waals surface area contributed by atoms with Crippen LogP contribution >= 0.6 is 7.82 Å². The lowest BCUT2D eigenvalue weighted by Gasteiger charge is -2.20. The number of ether oxygens (including phenoxy) is 2. The Morgan fingerprint density at radius 2 is 0.934 bits per heavy atom. The van der Waals surface area contributed by atoms with Crippen molar-refractivity contribution in [2.45, 2.75) is 225 Å². The maximum atomic E-state index is 12.7. The SMILES string of the molecule is CC/C=C\C/C=C\C/C=C\C/C=C\C/C=C\CCCCCC(=O)OC(COCCCCCCCCCCCCCCCCCCCCCCC)COP(=O)(O)OCC(O)CO. The summed E-state index contributed by atoms with van der Waals surface area (Å²) in [6.07, 6.45) is 56.2. The van der Waals surface area contributed by atoms with Crippen LogP contribution in [0.2, 0.25) is 0 Å². The summed E-state index contributed by atoms with van der Waals surface area (Å²) in [5, 5.41) is 18.4. The molecule has 0 heterocycles. The van der Waals surface area contributed by atoms with Crippen molar-refractivity contribution in [1.29, 1.82) is 0 Å². The molecule has 0 fully saturated rings. The van der Waals surface area contributed by atoms with E-state index in [4.69, 9.17) is 23.6 Å². The number of phosphoric acid groups is 1. The third-order valence-corrected chi connectivity index (χ3v) is 11.4. The first kappa shape index (κ1) is 59.2. The van der Waals surface area contributed by atoms with Gasteiger partial charge >= 0.3 is 13.8 Å². The van der Waals surface area contributed by atoms with Crippen LogP contribution in [0.3, 0.4) is 0 Å². The molecule has 0 aliphatic rings. The third-order valence-electron chi connectivity index (χ3n) is 10.5. The van der Waals surface area contributed by atoms with Gasteiger partial charge in [-0.1, -0.05) is 209 Å². The zero-order chi connectivity index (χ0) is 44.6. The molecule has 0 aliphatic carbocycles. The Labute approximate surface area is 374 Å². The van der Waals surface area contributed by atoms with E-state index in [-0.39, 0.29) is 13.0 Å². The van der Waals surface area contributed by atoms with Crippen LogP contribution in [-0.2, 0) is 27.9 Å². The first-order valence-corrected chi connectivity index (χ1v) is 26.3. The van der Waals surface area contributed by atoms with Gasteiger partial charge in [0.05, 0.1) is 26.4 Å². The van der Waals surface area contributed by atoms with Gasteiger partial charge in [0.25, 0.3) is 0 Å². The van der Waals surface area contributed by atoms with Crippen molar-refractivity contribution in [3.8, 4) is 0 Å². The van der Waals surface area contributed by atoms with Crippen LogP contribution in [-0.4, -0.2) is 66.3 Å². The van der Waals surface area contributed by atoms with Crippen LogP contribution in [0.15, 0.2) is 60.8 Å². The number of carbonyl (C=O) groups excluding carboxylic acids is 1. The highest BCUT2D eigenvalue weighted by atomic mass is 31.2. The minimum absolute atomic E-state index is 0.0360. The van der Waals surface area contributed by atoms with Gasteiger partial charge in [0.1, 0.15) is 12.2 Å². The lowest BCUT2D eigenvalue weighted by Crippen LogP contribution is -2.29. The van der Waals surface area contributed by atoms with Crippen molar-refractivity contribution in [3.63, 3.8) is 0 Å². The molecule has 3 unspecified atom stereocenters. The summed E-state index contributed by atoms with van der Waals surface area (Å²) in [4.78, 5) is 22.7. The minimum Gasteiger partial charge on any atom is -0.457 e. The van der Waals surface area contributed by atoms with Crippen LogP contribution in [0, 0.1) is 0 Å². The van der Waals surface area contributed by atoms with E-state index >= 15 is 0 Å². The maximum absolute atomic E-state index is 12.7. The van der Waals surface area contributed by atoms with E-state index in [1.807, 2.05) is 0 Å². The first-order chi connectivity index (χ1) is 29.8. The quantitative estimate of drug-likeness (QED) is 0.0237. The lowest BCUT2D eigenvalue weighted by atomic mass is 10.0. The van der Waals surface area contributed by atoms with Gasteiger partial charge in [0, 0.05) is 13.0 Å². The molecule has 0 aromatic rings. The Morgan fingerprint density at radius 3 is 1.39 bits per heavy atom. The van der Waals surface area contributed by atoms with Crippen molar-refractivity contribution < 1.29 is 43.0 Å². The highest BCUT2D eigenvalue weighted by molar-refractivity contribution is 7.47. The summed E-state index contributed by atoms with van der Waals surface area (Å²) in [6, 6.07) is 0. The summed E-state index contributed by atoms with van der Waals surface area (Å²) in [7, 11) is -4.53. The molecule has 0 saturated heterocycles. The number of esters is 1. The summed E-state index contributed by atoms with van der Waals surface area (Å²) in [5.74, 6) is -0.412.